The summed E-state index contributed by atoms with van der Waals surface area (Å²) in [4.78, 5) is 144. The van der Waals surface area contributed by atoms with Crippen LogP contribution in [0.3, 0.4) is 0 Å². The number of hydrogen-bond acceptors (Lipinski definition) is 17. The number of nitrogens with two attached hydrogens (primary N) is 1. The number of nitrogens with zero attached hydrogens (tertiary/aromatic N) is 6. The van der Waals surface area contributed by atoms with Crippen molar-refractivity contribution in [3.63, 3.8) is 0 Å². The fraction of sp³-hybridized carbons (Fsp3) is 0.320. The van der Waals surface area contributed by atoms with Crippen LogP contribution in [0.5, 0.6) is 0 Å². The molecule has 2 atom stereocenters. The van der Waals surface area contributed by atoms with Gasteiger partial charge in [0.1, 0.15) is 30.4 Å². The Morgan fingerprint density at radius 1 is 0.524 bits per heavy atom. The van der Waals surface area contributed by atoms with Gasteiger partial charge in [-0.25, -0.2) is 23.2 Å². The first kappa shape index (κ1) is 73.7. The molecule has 0 unspecified atom stereocenters. The Labute approximate surface area is 593 Å². The Balaban J connectivity index is 0.000000234. The number of benzene rings is 6. The summed E-state index contributed by atoms with van der Waals surface area (Å²) in [5, 5.41) is 13.1. The third-order valence-corrected chi connectivity index (χ3v) is 18.0. The Kier molecular flexibility index (Phi) is 25.0. The maximum absolute atomic E-state index is 15.3. The molecule has 538 valence electrons. The predicted molar refractivity (Wildman–Crippen MR) is 377 cm³/mol. The summed E-state index contributed by atoms with van der Waals surface area (Å²) in [7, 11) is 0. The molecule has 1 aliphatic carbocycles. The number of amides is 9. The van der Waals surface area contributed by atoms with Gasteiger partial charge >= 0.3 is 18.3 Å². The zero-order valence-electron chi connectivity index (χ0n) is 56.9. The largest absolute Gasteiger partial charge is 0.448 e. The lowest BCUT2D eigenvalue weighted by Crippen LogP contribution is -2.49. The van der Waals surface area contributed by atoms with Crippen LogP contribution < -0.4 is 51.9 Å². The summed E-state index contributed by atoms with van der Waals surface area (Å²) in [5.74, 6) is -2.96. The molecule has 4 fully saturated rings. The predicted octanol–water partition coefficient (Wildman–Crippen LogP) is 6.95. The number of fused-ring (bicyclic) bond motifs is 3. The molecule has 4 saturated heterocycles. The van der Waals surface area contributed by atoms with Crippen molar-refractivity contribution < 1.29 is 75.7 Å². The third-order valence-electron chi connectivity index (χ3n) is 18.0. The Morgan fingerprint density at radius 3 is 1.35 bits per heavy atom. The molecule has 0 saturated carbocycles. The lowest BCUT2D eigenvalue weighted by atomic mass is 9.98. The van der Waals surface area contributed by atoms with Gasteiger partial charge < -0.3 is 60.8 Å². The monoisotopic (exact) mass is 1410 g/mol. The maximum atomic E-state index is 15.3. The van der Waals surface area contributed by atoms with E-state index in [-0.39, 0.29) is 112 Å². The number of rotatable bonds is 25. The molecule has 0 bridgehead atoms. The van der Waals surface area contributed by atoms with Crippen LogP contribution >= 0.6 is 0 Å². The molecule has 5 aliphatic rings. The van der Waals surface area contributed by atoms with Crippen LogP contribution in [0.25, 0.3) is 11.1 Å². The lowest BCUT2D eigenvalue weighted by Gasteiger charge is -2.36. The van der Waals surface area contributed by atoms with Crippen LogP contribution in [0, 0.1) is 11.6 Å². The highest BCUT2D eigenvalue weighted by atomic mass is 19.1. The summed E-state index contributed by atoms with van der Waals surface area (Å²) >= 11 is 0. The molecule has 7 N–H and O–H groups in total. The minimum absolute atomic E-state index is 0.0251. The van der Waals surface area contributed by atoms with Gasteiger partial charge in [-0.15, -0.1) is 0 Å². The van der Waals surface area contributed by atoms with Crippen LogP contribution in [-0.2, 0) is 56.1 Å². The van der Waals surface area contributed by atoms with Gasteiger partial charge in [0.2, 0.25) is 35.4 Å². The summed E-state index contributed by atoms with van der Waals surface area (Å²) in [5.41, 5.74) is 13.6. The van der Waals surface area contributed by atoms with Crippen LogP contribution in [0.2, 0.25) is 0 Å². The minimum Gasteiger partial charge on any atom is -0.448 e. The standard InChI is InChI=1S/C45H45FN6O8.C30H35FN6O6/c1-29(53)48-26-33-27-52(45(58)60-33)32-14-15-40(39(46)24-32)50-20-22-51(23-21-50)43(56)17-16-41(54)31-12-10-30(11-13-31)25-49-42(55)18-19-47-44(57)59-28-38-36-8-4-2-6-34(36)35-7-3-5-9-37(35)38;1-20(38)33-18-24-19-37(30(42)43-24)23-6-7-26(25(31)16-23)35-12-14-36(15-13-35)29(41)9-8-27(39)22-4-2-21(3-5-22)17-34-28(40)10-11-32/h2-15,18-19,24,33,38H,16-17,20-23,25-28H2,1H3,(H,47,57)(H,48,53)(H,49,55);2-7,10-11,16,24H,8-9,12-15,17-19,32H2,1H3,(H,33,38)(H,34,40)/b19-18+;11-10+/t33-;24-/m00/s1. The van der Waals surface area contributed by atoms with Crippen LogP contribution in [0.1, 0.15) is 88.4 Å². The van der Waals surface area contributed by atoms with E-state index < -0.39 is 48.0 Å². The fourth-order valence-corrected chi connectivity index (χ4v) is 12.5. The summed E-state index contributed by atoms with van der Waals surface area (Å²) in [6.45, 7) is 7.21. The molecule has 11 rings (SSSR count). The second kappa shape index (κ2) is 34.9. The normalized spacial score (nSPS) is 16.3. The van der Waals surface area contributed by atoms with Crippen molar-refractivity contribution in [3.8, 4) is 11.1 Å². The molecule has 28 heteroatoms. The highest BCUT2D eigenvalue weighted by Crippen LogP contribution is 2.44. The number of anilines is 4. The van der Waals surface area contributed by atoms with E-state index in [2.05, 4.69) is 38.7 Å². The van der Waals surface area contributed by atoms with Crippen LogP contribution in [-0.4, -0.2) is 172 Å². The van der Waals surface area contributed by atoms with Gasteiger partial charge in [0.25, 0.3) is 0 Å². The van der Waals surface area contributed by atoms with Gasteiger partial charge in [-0.05, 0) is 76.0 Å². The summed E-state index contributed by atoms with van der Waals surface area (Å²) < 4.78 is 46.4. The van der Waals surface area contributed by atoms with Gasteiger partial charge in [0.15, 0.2) is 11.6 Å². The topological polar surface area (TPSA) is 321 Å². The van der Waals surface area contributed by atoms with Gasteiger partial charge in [-0.2, -0.15) is 0 Å². The molecule has 4 heterocycles. The number of carbonyl (C=O) groups excluding carboxylic acids is 11. The van der Waals surface area contributed by atoms with Gasteiger partial charge in [0, 0.05) is 140 Å². The van der Waals surface area contributed by atoms with Crippen molar-refractivity contribution in [2.24, 2.45) is 5.73 Å². The van der Waals surface area contributed by atoms with Gasteiger partial charge in [0.05, 0.1) is 48.9 Å². The number of hydrogen-bond donors (Lipinski definition) is 6. The van der Waals surface area contributed by atoms with Crippen LogP contribution in [0.4, 0.5) is 45.9 Å². The van der Waals surface area contributed by atoms with Crippen molar-refractivity contribution in [1.29, 1.82) is 0 Å². The van der Waals surface area contributed by atoms with Gasteiger partial charge in [-0.3, -0.25) is 53.5 Å². The molecule has 6 aromatic carbocycles. The second-order valence-electron chi connectivity index (χ2n) is 25.0. The van der Waals surface area contributed by atoms with E-state index in [1.54, 1.807) is 82.6 Å². The van der Waals surface area contributed by atoms with E-state index in [4.69, 9.17) is 19.9 Å². The highest BCUT2D eigenvalue weighted by molar-refractivity contribution is 5.99. The fourth-order valence-electron chi connectivity index (χ4n) is 12.5. The number of cyclic esters (lactones) is 2. The quantitative estimate of drug-likeness (QED) is 0.0192. The van der Waals surface area contributed by atoms with E-state index in [1.165, 1.54) is 54.1 Å². The average Bonchev–Trinajstić information content (AvgIpc) is 1.62. The van der Waals surface area contributed by atoms with Crippen molar-refractivity contribution >= 4 is 88.0 Å². The molecule has 0 spiro atoms. The van der Waals surface area contributed by atoms with E-state index in [1.807, 2.05) is 46.2 Å². The zero-order chi connectivity index (χ0) is 73.1. The molecule has 9 amide bonds. The zero-order valence-corrected chi connectivity index (χ0v) is 56.9. The molecule has 103 heavy (non-hydrogen) atoms. The number of halogens is 2. The van der Waals surface area contributed by atoms with E-state index in [0.717, 1.165) is 39.6 Å². The summed E-state index contributed by atoms with van der Waals surface area (Å²) in [6.07, 6.45) is 2.02. The molecular formula is C75H80F2N12O14. The molecule has 4 aliphatic heterocycles. The van der Waals surface area contributed by atoms with Crippen molar-refractivity contribution in [1.82, 2.24) is 36.4 Å². The Hall–Kier alpha value is -12.0. The molecule has 0 aromatic heterocycles. The smallest absolute Gasteiger partial charge is 0.414 e. The second-order valence-corrected chi connectivity index (χ2v) is 25.0. The summed E-state index contributed by atoms with van der Waals surface area (Å²) in [6, 6.07) is 38.7. The lowest BCUT2D eigenvalue weighted by molar-refractivity contribution is -0.132. The van der Waals surface area contributed by atoms with E-state index in [9.17, 15) is 52.7 Å². The van der Waals surface area contributed by atoms with Crippen molar-refractivity contribution in [2.75, 3.05) is 105 Å². The maximum Gasteiger partial charge on any atom is 0.414 e. The van der Waals surface area contributed by atoms with Crippen LogP contribution in [0.15, 0.2) is 158 Å². The molecule has 6 aromatic rings. The number of ether oxygens (including phenoxy) is 3. The first-order valence-corrected chi connectivity index (χ1v) is 33.7. The highest BCUT2D eigenvalue weighted by Gasteiger charge is 2.36. The average molecular weight is 1410 g/mol. The Morgan fingerprint density at radius 2 is 0.942 bits per heavy atom. The third kappa shape index (κ3) is 19.7. The number of piperazine rings is 2. The van der Waals surface area contributed by atoms with Crippen molar-refractivity contribution in [3.05, 3.63) is 203 Å². The van der Waals surface area contributed by atoms with Crippen molar-refractivity contribution in [2.45, 2.75) is 70.7 Å². The number of ketones is 2. The van der Waals surface area contributed by atoms with E-state index >= 15 is 8.78 Å². The first-order valence-electron chi connectivity index (χ1n) is 33.7. The number of Topliss-reactive ketones (excluding diaryl/α,β-unsaturated/α-hetero) is 2. The number of carbonyl (C=O) groups is 11. The molecule has 26 nitrogen and oxygen atoms in total. The van der Waals surface area contributed by atoms with E-state index in [0.29, 0.717) is 92.8 Å². The molecular weight excluding hydrogens is 1330 g/mol. The molecule has 0 radical (unpaired) electrons. The number of alkyl carbamates (subject to hydrolysis) is 1. The number of nitrogens with one attached hydrogen (secondary N) is 5. The van der Waals surface area contributed by atoms with Gasteiger partial charge in [-0.1, -0.05) is 97.1 Å². The minimum atomic E-state index is -0.674. The SMILES string of the molecule is CC(=O)NC[C@H]1CN(c2ccc(N3CCN(C(=O)CCC(=O)c4ccc(CNC(=O)/C=C/N)cc4)CC3)c(F)c2)C(=O)O1.CC(=O)NC[C@H]1CN(c2ccc(N3CCN(C(=O)CCC(=O)c4ccc(CNC(=O)/C=C/NC(=O)OCC5c6ccccc6-c6ccccc65)cc4)CC3)c(F)c2)C(=O)O1. The first-order chi connectivity index (χ1) is 49.7. The Bertz CT molecular complexity index is 4170.